The van der Waals surface area contributed by atoms with Crippen molar-refractivity contribution in [2.75, 3.05) is 40.9 Å². The van der Waals surface area contributed by atoms with Gasteiger partial charge in [-0.1, -0.05) is 39.5 Å². The quantitative estimate of drug-likeness (QED) is 0.173. The Morgan fingerprint density at radius 3 is 2.22 bits per heavy atom. The fourth-order valence-electron chi connectivity index (χ4n) is 2.95. The molecule has 0 saturated carbocycles. The van der Waals surface area contributed by atoms with Crippen molar-refractivity contribution < 1.29 is 33.2 Å². The Kier molecular flexibility index (Phi) is 13.2. The SMILES string of the molecule is CCCCCC(C(N)CCC)C(OP(=O)(O)OCC[N+](C)(C)C)[C@@H](O)CO. The van der Waals surface area contributed by atoms with Crippen LogP contribution in [0.3, 0.4) is 0 Å². The maximum absolute atomic E-state index is 12.4. The number of phosphoric acid groups is 1. The van der Waals surface area contributed by atoms with Crippen molar-refractivity contribution in [3.8, 4) is 0 Å². The molecule has 0 saturated heterocycles. The van der Waals surface area contributed by atoms with E-state index in [1.54, 1.807) is 0 Å². The Labute approximate surface area is 164 Å². The van der Waals surface area contributed by atoms with Gasteiger partial charge in [0.2, 0.25) is 0 Å². The number of aliphatic hydroxyl groups excluding tert-OH is 2. The van der Waals surface area contributed by atoms with Crippen molar-refractivity contribution in [2.45, 2.75) is 70.6 Å². The topological polar surface area (TPSA) is 122 Å². The first kappa shape index (κ1) is 27.0. The Morgan fingerprint density at radius 2 is 1.74 bits per heavy atom. The lowest BCUT2D eigenvalue weighted by atomic mass is 9.84. The normalized spacial score (nSPS) is 19.3. The number of quaternary nitrogens is 1. The van der Waals surface area contributed by atoms with Gasteiger partial charge in [0.05, 0.1) is 27.7 Å². The highest BCUT2D eigenvalue weighted by Crippen LogP contribution is 2.47. The van der Waals surface area contributed by atoms with E-state index in [1.165, 1.54) is 0 Å². The van der Waals surface area contributed by atoms with Crippen LogP contribution < -0.4 is 5.73 Å². The molecule has 0 bridgehead atoms. The van der Waals surface area contributed by atoms with Gasteiger partial charge in [0, 0.05) is 12.0 Å². The summed E-state index contributed by atoms with van der Waals surface area (Å²) in [6.07, 6.45) is 2.72. The van der Waals surface area contributed by atoms with Crippen LogP contribution >= 0.6 is 7.82 Å². The largest absolute Gasteiger partial charge is 0.472 e. The second-order valence-electron chi connectivity index (χ2n) is 8.25. The number of hydrogen-bond acceptors (Lipinski definition) is 6. The highest BCUT2D eigenvalue weighted by molar-refractivity contribution is 7.47. The van der Waals surface area contributed by atoms with Crippen LogP contribution in [0.5, 0.6) is 0 Å². The lowest BCUT2D eigenvalue weighted by Gasteiger charge is -2.35. The molecule has 0 heterocycles. The third kappa shape index (κ3) is 12.2. The molecule has 27 heavy (non-hydrogen) atoms. The average Bonchev–Trinajstić information content (AvgIpc) is 2.55. The van der Waals surface area contributed by atoms with E-state index in [1.807, 2.05) is 28.1 Å². The van der Waals surface area contributed by atoms with Gasteiger partial charge in [-0.2, -0.15) is 0 Å². The zero-order valence-electron chi connectivity index (χ0n) is 17.7. The van der Waals surface area contributed by atoms with Gasteiger partial charge < -0.3 is 25.3 Å². The number of aliphatic hydroxyl groups is 2. The van der Waals surface area contributed by atoms with E-state index in [9.17, 15) is 19.7 Å². The number of unbranched alkanes of at least 4 members (excludes halogenated alkanes) is 2. The number of nitrogens with zero attached hydrogens (tertiary/aromatic N) is 1. The minimum absolute atomic E-state index is 0.0424. The van der Waals surface area contributed by atoms with E-state index < -0.39 is 26.6 Å². The van der Waals surface area contributed by atoms with Crippen LogP contribution in [0.4, 0.5) is 0 Å². The van der Waals surface area contributed by atoms with Crippen LogP contribution in [-0.2, 0) is 13.6 Å². The van der Waals surface area contributed by atoms with Crippen molar-refractivity contribution in [1.82, 2.24) is 0 Å². The van der Waals surface area contributed by atoms with E-state index >= 15 is 0 Å². The maximum Gasteiger partial charge on any atom is 0.472 e. The van der Waals surface area contributed by atoms with Gasteiger partial charge in [-0.3, -0.25) is 9.05 Å². The molecule has 0 amide bonds. The van der Waals surface area contributed by atoms with Crippen LogP contribution in [0.25, 0.3) is 0 Å². The summed E-state index contributed by atoms with van der Waals surface area (Å²) in [6.45, 7) is 4.08. The maximum atomic E-state index is 12.4. The van der Waals surface area contributed by atoms with Crippen LogP contribution in [0, 0.1) is 5.92 Å². The van der Waals surface area contributed by atoms with Crippen LogP contribution in [0.15, 0.2) is 0 Å². The highest BCUT2D eigenvalue weighted by atomic mass is 31.2. The molecule has 0 rings (SSSR count). The first-order valence-electron chi connectivity index (χ1n) is 9.98. The number of likely N-dealkylation sites (N-methyl/N-ethyl adjacent to an activating group) is 1. The van der Waals surface area contributed by atoms with Crippen molar-refractivity contribution in [2.24, 2.45) is 11.7 Å². The summed E-state index contributed by atoms with van der Waals surface area (Å²) in [7, 11) is 1.44. The van der Waals surface area contributed by atoms with Gasteiger partial charge in [-0.15, -0.1) is 0 Å². The van der Waals surface area contributed by atoms with Crippen LogP contribution in [0.2, 0.25) is 0 Å². The van der Waals surface area contributed by atoms with Crippen LogP contribution in [0.1, 0.15) is 52.4 Å². The first-order valence-corrected chi connectivity index (χ1v) is 11.5. The Hall–Kier alpha value is -0.0500. The Balaban J connectivity index is 5.22. The summed E-state index contributed by atoms with van der Waals surface area (Å²) in [5, 5.41) is 19.7. The second kappa shape index (κ2) is 13.2. The van der Waals surface area contributed by atoms with E-state index in [0.717, 1.165) is 25.7 Å². The molecule has 5 N–H and O–H groups in total. The summed E-state index contributed by atoms with van der Waals surface area (Å²) < 4.78 is 23.4. The van der Waals surface area contributed by atoms with E-state index in [4.69, 9.17) is 14.8 Å². The molecule has 4 unspecified atom stereocenters. The van der Waals surface area contributed by atoms with Crippen LogP contribution in [-0.4, -0.2) is 78.7 Å². The minimum atomic E-state index is -4.39. The molecule has 8 nitrogen and oxygen atoms in total. The predicted molar refractivity (Wildman–Crippen MR) is 107 cm³/mol. The van der Waals surface area contributed by atoms with Crippen molar-refractivity contribution in [1.29, 1.82) is 0 Å². The van der Waals surface area contributed by atoms with Crippen molar-refractivity contribution in [3.05, 3.63) is 0 Å². The summed E-state index contributed by atoms with van der Waals surface area (Å²) in [6, 6.07) is -0.302. The third-order valence-electron chi connectivity index (χ3n) is 4.57. The summed E-state index contributed by atoms with van der Waals surface area (Å²) in [5.41, 5.74) is 6.29. The minimum Gasteiger partial charge on any atom is -0.394 e. The monoisotopic (exact) mass is 413 g/mol. The second-order valence-corrected chi connectivity index (χ2v) is 9.65. The molecule has 0 aliphatic carbocycles. The van der Waals surface area contributed by atoms with E-state index in [0.29, 0.717) is 23.9 Å². The predicted octanol–water partition coefficient (Wildman–Crippen LogP) is 1.87. The molecule has 9 heteroatoms. The standard InChI is InChI=1S/C18H41N2O6P/c1-6-8-9-11-15(16(19)10-7-2)18(17(22)14-21)26-27(23,24)25-13-12-20(3,4)5/h15-18,21-22H,6-14,19H2,1-5H3/p+1/t15?,16?,17-,18?/m0/s1. The molecule has 0 aromatic rings. The molecule has 5 atom stereocenters. The van der Waals surface area contributed by atoms with Crippen molar-refractivity contribution >= 4 is 7.82 Å². The fourth-order valence-corrected chi connectivity index (χ4v) is 3.93. The number of phosphoric ester groups is 1. The number of hydrogen-bond donors (Lipinski definition) is 4. The third-order valence-corrected chi connectivity index (χ3v) is 5.59. The van der Waals surface area contributed by atoms with Gasteiger partial charge in [-0.05, 0) is 12.8 Å². The van der Waals surface area contributed by atoms with Crippen molar-refractivity contribution in [3.63, 3.8) is 0 Å². The zero-order chi connectivity index (χ0) is 21.1. The molecular formula is C18H42N2O6P+. The molecule has 0 aromatic carbocycles. The number of nitrogens with two attached hydrogens (primary N) is 1. The first-order chi connectivity index (χ1) is 12.5. The van der Waals surface area contributed by atoms with E-state index in [-0.39, 0.29) is 18.6 Å². The molecule has 0 aromatic heterocycles. The Bertz CT molecular complexity index is 433. The van der Waals surface area contributed by atoms with Gasteiger partial charge in [0.15, 0.2) is 0 Å². The molecule has 0 aliphatic heterocycles. The van der Waals surface area contributed by atoms with Gasteiger partial charge in [0.1, 0.15) is 25.4 Å². The lowest BCUT2D eigenvalue weighted by molar-refractivity contribution is -0.870. The molecule has 0 spiro atoms. The summed E-state index contributed by atoms with van der Waals surface area (Å²) in [4.78, 5) is 10.1. The lowest BCUT2D eigenvalue weighted by Crippen LogP contribution is -2.46. The molecule has 0 fully saturated rings. The smallest absolute Gasteiger partial charge is 0.394 e. The summed E-state index contributed by atoms with van der Waals surface area (Å²) in [5.74, 6) is -0.346. The number of rotatable bonds is 16. The van der Waals surface area contributed by atoms with Gasteiger partial charge >= 0.3 is 7.82 Å². The molecule has 164 valence electrons. The fraction of sp³-hybridized carbons (Fsp3) is 1.00. The molecule has 0 aliphatic rings. The van der Waals surface area contributed by atoms with E-state index in [2.05, 4.69) is 6.92 Å². The molecule has 0 radical (unpaired) electrons. The zero-order valence-corrected chi connectivity index (χ0v) is 18.6. The van der Waals surface area contributed by atoms with Gasteiger partial charge in [0.25, 0.3) is 0 Å². The highest BCUT2D eigenvalue weighted by Gasteiger charge is 2.38. The Morgan fingerprint density at radius 1 is 1.11 bits per heavy atom. The average molecular weight is 414 g/mol. The molecular weight excluding hydrogens is 371 g/mol. The van der Waals surface area contributed by atoms with Gasteiger partial charge in [-0.25, -0.2) is 4.57 Å². The summed E-state index contributed by atoms with van der Waals surface area (Å²) >= 11 is 0.